The highest BCUT2D eigenvalue weighted by atomic mass is 16.5. The van der Waals surface area contributed by atoms with Crippen LogP contribution in [0, 0.1) is 0 Å². The van der Waals surface area contributed by atoms with Gasteiger partial charge in [-0.25, -0.2) is 0 Å². The molecule has 1 rings (SSSR count). The summed E-state index contributed by atoms with van der Waals surface area (Å²) in [4.78, 5) is 49.2. The van der Waals surface area contributed by atoms with Crippen molar-refractivity contribution in [3.05, 3.63) is 0 Å². The number of hydrogen-bond acceptors (Lipinski definition) is 6. The van der Waals surface area contributed by atoms with Crippen LogP contribution in [0.2, 0.25) is 0 Å². The van der Waals surface area contributed by atoms with Gasteiger partial charge >= 0.3 is 0 Å². The van der Waals surface area contributed by atoms with Gasteiger partial charge in [0.25, 0.3) is 0 Å². The molecule has 1 saturated heterocycles. The molecule has 0 saturated carbocycles. The highest BCUT2D eigenvalue weighted by Gasteiger charge is 2.23. The first-order valence-corrected chi connectivity index (χ1v) is 7.24. The molecule has 23 heavy (non-hydrogen) atoms. The fourth-order valence-corrected chi connectivity index (χ4v) is 2.01. The molecule has 0 aliphatic carbocycles. The first kappa shape index (κ1) is 18.8. The lowest BCUT2D eigenvalue weighted by atomic mass is 10.4. The zero-order valence-electron chi connectivity index (χ0n) is 13.2. The Morgan fingerprint density at radius 1 is 1.17 bits per heavy atom. The van der Waals surface area contributed by atoms with E-state index in [1.165, 1.54) is 9.80 Å². The summed E-state index contributed by atoms with van der Waals surface area (Å²) in [6.07, 6.45) is 1.39. The average molecular weight is 329 g/mol. The van der Waals surface area contributed by atoms with Crippen LogP contribution in [-0.2, 0) is 23.9 Å². The summed E-state index contributed by atoms with van der Waals surface area (Å²) in [6, 6.07) is 0. The Bertz CT molecular complexity index is 420. The molecule has 1 heterocycles. The van der Waals surface area contributed by atoms with Crippen molar-refractivity contribution in [2.45, 2.75) is 6.42 Å². The molecule has 0 atom stereocenters. The van der Waals surface area contributed by atoms with E-state index in [0.29, 0.717) is 39.3 Å². The van der Waals surface area contributed by atoms with Gasteiger partial charge < -0.3 is 25.2 Å². The predicted molar refractivity (Wildman–Crippen MR) is 79.6 cm³/mol. The summed E-state index contributed by atoms with van der Waals surface area (Å²) in [6.45, 7) is 1.90. The van der Waals surface area contributed by atoms with Crippen LogP contribution < -0.4 is 10.6 Å². The van der Waals surface area contributed by atoms with Gasteiger partial charge in [0.15, 0.2) is 0 Å². The van der Waals surface area contributed by atoms with E-state index in [2.05, 4.69) is 10.6 Å². The summed E-state index contributed by atoms with van der Waals surface area (Å²) in [7, 11) is 1.80. The number of hydrogen-bond donors (Lipinski definition) is 2. The first-order chi connectivity index (χ1) is 11.1. The van der Waals surface area contributed by atoms with Crippen molar-refractivity contribution < 1.29 is 23.9 Å². The number of rotatable bonds is 10. The molecule has 1 fully saturated rings. The first-order valence-electron chi connectivity index (χ1n) is 7.24. The fourth-order valence-electron chi connectivity index (χ4n) is 2.01. The molecule has 10 nitrogen and oxygen atoms in total. The third kappa shape index (κ3) is 7.56. The maximum atomic E-state index is 12.0. The predicted octanol–water partition coefficient (Wildman–Crippen LogP) is -2.64. The second kappa shape index (κ2) is 10.5. The summed E-state index contributed by atoms with van der Waals surface area (Å²) in [5.41, 5.74) is 0. The molecule has 0 unspecified atom stereocenters. The Balaban J connectivity index is 2.18. The summed E-state index contributed by atoms with van der Waals surface area (Å²) in [5.74, 6) is -0.549. The van der Waals surface area contributed by atoms with Crippen LogP contribution in [0.15, 0.2) is 0 Å². The maximum absolute atomic E-state index is 12.0. The van der Waals surface area contributed by atoms with Crippen LogP contribution >= 0.6 is 0 Å². The minimum absolute atomic E-state index is 0.119. The largest absolute Gasteiger partial charge is 0.379 e. The van der Waals surface area contributed by atoms with E-state index in [4.69, 9.17) is 4.74 Å². The van der Waals surface area contributed by atoms with E-state index in [0.717, 1.165) is 0 Å². The van der Waals surface area contributed by atoms with E-state index in [-0.39, 0.29) is 38.1 Å². The maximum Gasteiger partial charge on any atom is 0.244 e. The molecule has 130 valence electrons. The van der Waals surface area contributed by atoms with Crippen LogP contribution in [0.1, 0.15) is 6.42 Å². The minimum Gasteiger partial charge on any atom is -0.379 e. The fraction of sp³-hybridized carbons (Fsp3) is 0.692. The van der Waals surface area contributed by atoms with Gasteiger partial charge in [0.1, 0.15) is 0 Å². The Kier molecular flexibility index (Phi) is 8.62. The van der Waals surface area contributed by atoms with E-state index in [1.54, 1.807) is 7.05 Å². The van der Waals surface area contributed by atoms with Crippen molar-refractivity contribution in [1.82, 2.24) is 25.3 Å². The van der Waals surface area contributed by atoms with Gasteiger partial charge in [-0.1, -0.05) is 0 Å². The quantitative estimate of drug-likeness (QED) is 0.335. The number of carbonyl (C=O) groups is 4. The number of nitrogens with zero attached hydrogens (tertiary/aromatic N) is 3. The van der Waals surface area contributed by atoms with Crippen molar-refractivity contribution in [1.29, 1.82) is 0 Å². The molecule has 1 aliphatic rings. The number of carbonyl (C=O) groups excluding carboxylic acids is 4. The summed E-state index contributed by atoms with van der Waals surface area (Å²) in [5, 5.41) is 4.96. The van der Waals surface area contributed by atoms with E-state index < -0.39 is 0 Å². The van der Waals surface area contributed by atoms with Crippen LogP contribution in [0.4, 0.5) is 0 Å². The Morgan fingerprint density at radius 3 is 2.65 bits per heavy atom. The minimum atomic E-state index is -0.292. The number of nitrogens with one attached hydrogen (secondary N) is 2. The van der Waals surface area contributed by atoms with Gasteiger partial charge in [0.2, 0.25) is 24.6 Å². The van der Waals surface area contributed by atoms with Crippen molar-refractivity contribution >= 4 is 24.6 Å². The SMILES string of the molecule is CN1CN(C=O)CN(C(=O)CNC(=O)CCOCCNC=O)C1. The molecular formula is C13H23N5O5. The normalized spacial score (nSPS) is 15.2. The second-order valence-electron chi connectivity index (χ2n) is 5.12. The van der Waals surface area contributed by atoms with Gasteiger partial charge in [-0.2, -0.15) is 0 Å². The van der Waals surface area contributed by atoms with Crippen LogP contribution in [0.5, 0.6) is 0 Å². The molecule has 0 aromatic heterocycles. The summed E-state index contributed by atoms with van der Waals surface area (Å²) >= 11 is 0. The lowest BCUT2D eigenvalue weighted by molar-refractivity contribution is -0.145. The van der Waals surface area contributed by atoms with Gasteiger partial charge in [0, 0.05) is 13.0 Å². The molecular weight excluding hydrogens is 306 g/mol. The van der Waals surface area contributed by atoms with Crippen molar-refractivity contribution in [3.63, 3.8) is 0 Å². The van der Waals surface area contributed by atoms with Crippen LogP contribution in [-0.4, -0.2) is 92.7 Å². The van der Waals surface area contributed by atoms with Crippen LogP contribution in [0.3, 0.4) is 0 Å². The van der Waals surface area contributed by atoms with Crippen molar-refractivity contribution in [2.75, 3.05) is 53.4 Å². The third-order valence-electron chi connectivity index (χ3n) is 3.07. The lowest BCUT2D eigenvalue weighted by Crippen LogP contribution is -2.56. The molecule has 0 radical (unpaired) electrons. The lowest BCUT2D eigenvalue weighted by Gasteiger charge is -2.38. The number of ether oxygens (including phenoxy) is 1. The topological polar surface area (TPSA) is 111 Å². The van der Waals surface area contributed by atoms with Gasteiger partial charge in [-0.3, -0.25) is 24.1 Å². The average Bonchev–Trinajstić information content (AvgIpc) is 2.55. The molecule has 4 amide bonds. The smallest absolute Gasteiger partial charge is 0.244 e. The molecule has 2 N–H and O–H groups in total. The number of amides is 4. The zero-order valence-corrected chi connectivity index (χ0v) is 13.2. The Labute approximate surface area is 134 Å². The zero-order chi connectivity index (χ0) is 17.1. The molecule has 0 aromatic carbocycles. The van der Waals surface area contributed by atoms with Gasteiger partial charge in [-0.05, 0) is 7.05 Å². The highest BCUT2D eigenvalue weighted by molar-refractivity contribution is 5.84. The molecule has 0 spiro atoms. The van der Waals surface area contributed by atoms with E-state index >= 15 is 0 Å². The molecule has 0 bridgehead atoms. The van der Waals surface area contributed by atoms with Gasteiger partial charge in [-0.15, -0.1) is 0 Å². The molecule has 10 heteroatoms. The molecule has 1 aliphatic heterocycles. The van der Waals surface area contributed by atoms with Crippen molar-refractivity contribution in [3.8, 4) is 0 Å². The van der Waals surface area contributed by atoms with E-state index in [1.807, 2.05) is 4.90 Å². The Morgan fingerprint density at radius 2 is 1.96 bits per heavy atom. The third-order valence-corrected chi connectivity index (χ3v) is 3.07. The standard InChI is InChI=1S/C13H23N5O5/c1-16-8-17(11-20)10-18(9-16)13(22)6-15-12(21)2-4-23-5-3-14-7-19/h7,11H,2-6,8-10H2,1H3,(H,14,19)(H,15,21). The van der Waals surface area contributed by atoms with Gasteiger partial charge in [0.05, 0.1) is 39.8 Å². The highest BCUT2D eigenvalue weighted by Crippen LogP contribution is 2.03. The van der Waals surface area contributed by atoms with Crippen molar-refractivity contribution in [2.24, 2.45) is 0 Å². The summed E-state index contributed by atoms with van der Waals surface area (Å²) < 4.78 is 5.14. The van der Waals surface area contributed by atoms with Crippen LogP contribution in [0.25, 0.3) is 0 Å². The van der Waals surface area contributed by atoms with E-state index in [9.17, 15) is 19.2 Å². The second-order valence-corrected chi connectivity index (χ2v) is 5.12. The Hall–Kier alpha value is -2.20. The monoisotopic (exact) mass is 329 g/mol. The molecule has 0 aromatic rings.